The Bertz CT molecular complexity index is 590. The maximum absolute atomic E-state index is 9.39. The highest BCUT2D eigenvalue weighted by atomic mass is 79.9. The zero-order valence-electron chi connectivity index (χ0n) is 10.5. The highest BCUT2D eigenvalue weighted by Gasteiger charge is 2.06. The van der Waals surface area contributed by atoms with Crippen LogP contribution in [0.1, 0.15) is 19.4 Å². The van der Waals surface area contributed by atoms with Crippen LogP contribution in [-0.2, 0) is 0 Å². The van der Waals surface area contributed by atoms with Crippen molar-refractivity contribution in [2.24, 2.45) is 5.92 Å². The summed E-state index contributed by atoms with van der Waals surface area (Å²) in [6, 6.07) is 8.01. The third-order valence-corrected chi connectivity index (χ3v) is 3.70. The maximum atomic E-state index is 9.39. The van der Waals surface area contributed by atoms with Crippen LogP contribution in [-0.4, -0.2) is 16.7 Å². The molecule has 0 radical (unpaired) electrons. The number of hydrogen-bond acceptors (Lipinski definition) is 2. The van der Waals surface area contributed by atoms with Gasteiger partial charge in [0.15, 0.2) is 0 Å². The first kappa shape index (κ1) is 13.2. The Hall–Kier alpha value is -1.19. The molecule has 0 spiro atoms. The number of aromatic nitrogens is 1. The highest BCUT2D eigenvalue weighted by Crippen LogP contribution is 2.27. The minimum atomic E-state index is 0.0854. The van der Waals surface area contributed by atoms with Crippen molar-refractivity contribution in [1.29, 1.82) is 0 Å². The Balaban J connectivity index is 2.62. The monoisotopic (exact) mass is 305 g/mol. The number of pyridine rings is 1. The summed E-state index contributed by atoms with van der Waals surface area (Å²) >= 11 is 3.53. The number of hydrogen-bond donors (Lipinski definition) is 1. The van der Waals surface area contributed by atoms with Crippen LogP contribution in [0.2, 0.25) is 0 Å². The molecule has 2 aromatic rings. The quantitative estimate of drug-likeness (QED) is 0.929. The molecule has 0 saturated heterocycles. The third-order valence-electron chi connectivity index (χ3n) is 3.01. The lowest BCUT2D eigenvalue weighted by molar-refractivity contribution is 0.320. The van der Waals surface area contributed by atoms with Gasteiger partial charge < -0.3 is 5.11 Å². The molecule has 18 heavy (non-hydrogen) atoms. The lowest BCUT2D eigenvalue weighted by Gasteiger charge is -2.09. The van der Waals surface area contributed by atoms with E-state index in [-0.39, 0.29) is 6.61 Å². The van der Waals surface area contributed by atoms with Gasteiger partial charge in [0.25, 0.3) is 0 Å². The number of rotatable bonds is 3. The predicted molar refractivity (Wildman–Crippen MR) is 79.3 cm³/mol. The fraction of sp³-hybridized carbons (Fsp3) is 0.267. The Morgan fingerprint density at radius 3 is 2.83 bits per heavy atom. The van der Waals surface area contributed by atoms with E-state index >= 15 is 0 Å². The Morgan fingerprint density at radius 1 is 1.39 bits per heavy atom. The topological polar surface area (TPSA) is 33.1 Å². The number of aliphatic hydroxyl groups is 1. The summed E-state index contributed by atoms with van der Waals surface area (Å²) in [4.78, 5) is 4.43. The molecule has 3 heteroatoms. The summed E-state index contributed by atoms with van der Waals surface area (Å²) in [6.07, 6.45) is 3.83. The summed E-state index contributed by atoms with van der Waals surface area (Å²) in [5.41, 5.74) is 3.02. The molecular formula is C15H16BrNO. The van der Waals surface area contributed by atoms with Crippen LogP contribution in [0.25, 0.3) is 17.0 Å². The van der Waals surface area contributed by atoms with Gasteiger partial charge in [-0.1, -0.05) is 48.0 Å². The number of aliphatic hydroxyl groups excluding tert-OH is 1. The first-order valence-corrected chi connectivity index (χ1v) is 6.77. The van der Waals surface area contributed by atoms with Crippen molar-refractivity contribution < 1.29 is 5.11 Å². The zero-order valence-corrected chi connectivity index (χ0v) is 12.1. The van der Waals surface area contributed by atoms with E-state index in [1.807, 2.05) is 30.3 Å². The van der Waals surface area contributed by atoms with Crippen LogP contribution in [0.4, 0.5) is 0 Å². The van der Waals surface area contributed by atoms with Crippen LogP contribution >= 0.6 is 15.9 Å². The molecule has 0 unspecified atom stereocenters. The van der Waals surface area contributed by atoms with Gasteiger partial charge in [-0.05, 0) is 23.6 Å². The van der Waals surface area contributed by atoms with Crippen molar-refractivity contribution in [3.63, 3.8) is 0 Å². The first-order chi connectivity index (χ1) is 8.63. The molecule has 0 atom stereocenters. The van der Waals surface area contributed by atoms with E-state index in [0.29, 0.717) is 5.92 Å². The summed E-state index contributed by atoms with van der Waals surface area (Å²) in [6.45, 7) is 4.25. The molecule has 2 rings (SSSR count). The second-order valence-corrected chi connectivity index (χ2v) is 5.42. The van der Waals surface area contributed by atoms with Crippen LogP contribution in [0, 0.1) is 5.92 Å². The largest absolute Gasteiger partial charge is 0.392 e. The van der Waals surface area contributed by atoms with Crippen molar-refractivity contribution in [3.8, 4) is 0 Å². The standard InChI is InChI=1S/C15H16BrNO/c1-10(2)12(9-18)8-11-5-6-14(16)13-4-3-7-17-15(11)13/h3-8,10,18H,9H2,1-2H3/b12-8+. The number of benzene rings is 1. The molecule has 1 N–H and O–H groups in total. The van der Waals surface area contributed by atoms with E-state index in [9.17, 15) is 5.11 Å². The lowest BCUT2D eigenvalue weighted by Crippen LogP contribution is -1.99. The third kappa shape index (κ3) is 2.62. The van der Waals surface area contributed by atoms with Crippen molar-refractivity contribution in [2.45, 2.75) is 13.8 Å². The van der Waals surface area contributed by atoms with Gasteiger partial charge in [-0.3, -0.25) is 4.98 Å². The van der Waals surface area contributed by atoms with Gasteiger partial charge in [0.05, 0.1) is 12.1 Å². The van der Waals surface area contributed by atoms with Gasteiger partial charge in [-0.2, -0.15) is 0 Å². The van der Waals surface area contributed by atoms with Crippen LogP contribution in [0.15, 0.2) is 40.5 Å². The normalized spacial score (nSPS) is 12.4. The molecule has 2 nitrogen and oxygen atoms in total. The molecule has 0 aliphatic carbocycles. The molecule has 1 aromatic carbocycles. The second-order valence-electron chi connectivity index (χ2n) is 4.57. The molecule has 0 saturated carbocycles. The van der Waals surface area contributed by atoms with E-state index in [2.05, 4.69) is 34.8 Å². The molecule has 0 aliphatic rings. The fourth-order valence-electron chi connectivity index (χ4n) is 1.87. The molecule has 0 aliphatic heterocycles. The zero-order chi connectivity index (χ0) is 13.1. The van der Waals surface area contributed by atoms with E-state index in [1.165, 1.54) is 0 Å². The van der Waals surface area contributed by atoms with Gasteiger partial charge in [0.1, 0.15) is 0 Å². The van der Waals surface area contributed by atoms with Gasteiger partial charge >= 0.3 is 0 Å². The van der Waals surface area contributed by atoms with Crippen LogP contribution in [0.5, 0.6) is 0 Å². The summed E-state index contributed by atoms with van der Waals surface area (Å²) in [5, 5.41) is 10.5. The van der Waals surface area contributed by atoms with Gasteiger partial charge in [-0.25, -0.2) is 0 Å². The second kappa shape index (κ2) is 5.63. The maximum Gasteiger partial charge on any atom is 0.0785 e. The fourth-order valence-corrected chi connectivity index (χ4v) is 2.32. The van der Waals surface area contributed by atoms with E-state index < -0.39 is 0 Å². The highest BCUT2D eigenvalue weighted by molar-refractivity contribution is 9.10. The molecule has 0 amide bonds. The first-order valence-electron chi connectivity index (χ1n) is 5.98. The number of halogens is 1. The van der Waals surface area contributed by atoms with Gasteiger partial charge in [0, 0.05) is 21.6 Å². The van der Waals surface area contributed by atoms with E-state index in [0.717, 1.165) is 26.5 Å². The Morgan fingerprint density at radius 2 is 2.17 bits per heavy atom. The van der Waals surface area contributed by atoms with Gasteiger partial charge in [0.2, 0.25) is 0 Å². The molecule has 0 fully saturated rings. The van der Waals surface area contributed by atoms with Crippen LogP contribution < -0.4 is 0 Å². The molecule has 0 bridgehead atoms. The molecule has 1 aromatic heterocycles. The molecular weight excluding hydrogens is 290 g/mol. The molecule has 1 heterocycles. The van der Waals surface area contributed by atoms with Crippen LogP contribution in [0.3, 0.4) is 0 Å². The SMILES string of the molecule is CC(C)/C(=C/c1ccc(Br)c2cccnc12)CO. The summed E-state index contributed by atoms with van der Waals surface area (Å²) in [5.74, 6) is 0.331. The van der Waals surface area contributed by atoms with E-state index in [4.69, 9.17) is 0 Å². The minimum Gasteiger partial charge on any atom is -0.392 e. The summed E-state index contributed by atoms with van der Waals surface area (Å²) < 4.78 is 1.04. The number of nitrogens with zero attached hydrogens (tertiary/aromatic N) is 1. The smallest absolute Gasteiger partial charge is 0.0785 e. The Labute approximate surface area is 115 Å². The molecule has 94 valence electrons. The average Bonchev–Trinajstić information content (AvgIpc) is 2.38. The average molecular weight is 306 g/mol. The number of fused-ring (bicyclic) bond motifs is 1. The van der Waals surface area contributed by atoms with Crippen molar-refractivity contribution in [3.05, 3.63) is 46.1 Å². The predicted octanol–water partition coefficient (Wildman–Crippen LogP) is 4.03. The van der Waals surface area contributed by atoms with Gasteiger partial charge in [-0.15, -0.1) is 0 Å². The van der Waals surface area contributed by atoms with Crippen molar-refractivity contribution >= 4 is 32.9 Å². The summed E-state index contributed by atoms with van der Waals surface area (Å²) in [7, 11) is 0. The lowest BCUT2D eigenvalue weighted by atomic mass is 10.00. The minimum absolute atomic E-state index is 0.0854. The van der Waals surface area contributed by atoms with Crippen molar-refractivity contribution in [1.82, 2.24) is 4.98 Å². The van der Waals surface area contributed by atoms with Crippen molar-refractivity contribution in [2.75, 3.05) is 6.61 Å². The van der Waals surface area contributed by atoms with E-state index in [1.54, 1.807) is 6.20 Å². The Kier molecular flexibility index (Phi) is 4.15.